The summed E-state index contributed by atoms with van der Waals surface area (Å²) in [6.07, 6.45) is 4.71. The summed E-state index contributed by atoms with van der Waals surface area (Å²) in [6.45, 7) is 1.73. The van der Waals surface area contributed by atoms with Gasteiger partial charge in [0.15, 0.2) is 6.61 Å². The average Bonchev–Trinajstić information content (AvgIpc) is 2.40. The molecule has 0 radical (unpaired) electrons. The van der Waals surface area contributed by atoms with E-state index in [0.717, 1.165) is 0 Å². The van der Waals surface area contributed by atoms with Crippen molar-refractivity contribution in [3.63, 3.8) is 0 Å². The van der Waals surface area contributed by atoms with Crippen LogP contribution in [0.1, 0.15) is 13.3 Å². The predicted octanol–water partition coefficient (Wildman–Crippen LogP) is 0.473. The Kier molecular flexibility index (Phi) is 8.35. The van der Waals surface area contributed by atoms with Crippen molar-refractivity contribution in [1.29, 1.82) is 0 Å². The van der Waals surface area contributed by atoms with Crippen LogP contribution < -0.4 is 5.32 Å². The first-order valence-corrected chi connectivity index (χ1v) is 7.09. The van der Waals surface area contributed by atoms with E-state index in [1.54, 1.807) is 0 Å². The van der Waals surface area contributed by atoms with Crippen molar-refractivity contribution in [2.45, 2.75) is 19.0 Å². The second-order valence-electron chi connectivity index (χ2n) is 3.16. The van der Waals surface area contributed by atoms with Gasteiger partial charge in [0.05, 0.1) is 0 Å². The van der Waals surface area contributed by atoms with Gasteiger partial charge in [0.2, 0.25) is 0 Å². The molecule has 1 unspecified atom stereocenters. The van der Waals surface area contributed by atoms with Gasteiger partial charge in [0.1, 0.15) is 5.67 Å². The molecule has 0 aromatic heterocycles. The van der Waals surface area contributed by atoms with Crippen LogP contribution in [0.25, 0.3) is 0 Å². The van der Waals surface area contributed by atoms with Gasteiger partial charge in [-0.25, -0.2) is 4.79 Å². The SMILES string of the molecule is C#CCOOC(=O)NC(CC)[Si](OC)(OC)OC. The molecule has 0 aromatic rings. The standard InChI is InChI=1S/C10H19NO6Si/c1-6-8-16-17-10(12)11-9(7-2)18(13-3,14-4)15-5/h1,9H,7-8H2,2-5H3,(H,11,12). The van der Waals surface area contributed by atoms with Gasteiger partial charge in [-0.05, 0) is 6.42 Å². The lowest BCUT2D eigenvalue weighted by molar-refractivity contribution is -0.227. The monoisotopic (exact) mass is 277 g/mol. The quantitative estimate of drug-likeness (QED) is 0.229. The van der Waals surface area contributed by atoms with Gasteiger partial charge in [0, 0.05) is 21.3 Å². The highest BCUT2D eigenvalue weighted by molar-refractivity contribution is 6.62. The van der Waals surface area contributed by atoms with Crippen LogP contribution in [-0.4, -0.2) is 48.5 Å². The zero-order valence-corrected chi connectivity index (χ0v) is 12.0. The summed E-state index contributed by atoms with van der Waals surface area (Å²) in [4.78, 5) is 20.3. The first kappa shape index (κ1) is 16.9. The second-order valence-corrected chi connectivity index (χ2v) is 6.29. The molecule has 0 saturated heterocycles. The van der Waals surface area contributed by atoms with E-state index in [1.165, 1.54) is 21.3 Å². The number of carbonyl (C=O) groups is 1. The number of terminal acetylenes is 1. The van der Waals surface area contributed by atoms with Crippen LogP contribution in [0.5, 0.6) is 0 Å². The normalized spacial score (nSPS) is 12.6. The third-order valence-corrected chi connectivity index (χ3v) is 5.37. The van der Waals surface area contributed by atoms with Gasteiger partial charge in [0.25, 0.3) is 0 Å². The van der Waals surface area contributed by atoms with Gasteiger partial charge in [-0.1, -0.05) is 12.8 Å². The van der Waals surface area contributed by atoms with E-state index in [2.05, 4.69) is 21.0 Å². The van der Waals surface area contributed by atoms with Gasteiger partial charge < -0.3 is 18.6 Å². The summed E-state index contributed by atoms with van der Waals surface area (Å²) in [5, 5.41) is 2.55. The number of hydrogen-bond donors (Lipinski definition) is 1. The lowest BCUT2D eigenvalue weighted by atomic mass is 10.5. The first-order valence-electron chi connectivity index (χ1n) is 5.29. The van der Waals surface area contributed by atoms with E-state index < -0.39 is 20.6 Å². The third-order valence-electron chi connectivity index (χ3n) is 2.26. The molecule has 0 bridgehead atoms. The van der Waals surface area contributed by atoms with Crippen molar-refractivity contribution in [3.8, 4) is 12.3 Å². The Labute approximate surface area is 108 Å². The second kappa shape index (κ2) is 8.90. The van der Waals surface area contributed by atoms with Crippen molar-refractivity contribution in [1.82, 2.24) is 5.32 Å². The largest absolute Gasteiger partial charge is 0.523 e. The van der Waals surface area contributed by atoms with E-state index in [4.69, 9.17) is 19.7 Å². The fourth-order valence-corrected chi connectivity index (χ4v) is 3.55. The Morgan fingerprint density at radius 3 is 2.28 bits per heavy atom. The van der Waals surface area contributed by atoms with Gasteiger partial charge in [-0.2, -0.15) is 4.89 Å². The minimum Gasteiger partial charge on any atom is -0.376 e. The summed E-state index contributed by atoms with van der Waals surface area (Å²) in [6, 6.07) is 0. The lowest BCUT2D eigenvalue weighted by Gasteiger charge is -2.31. The Balaban J connectivity index is 4.49. The summed E-state index contributed by atoms with van der Waals surface area (Å²) < 4.78 is 15.8. The highest BCUT2D eigenvalue weighted by Crippen LogP contribution is 2.14. The molecule has 0 spiro atoms. The molecular weight excluding hydrogens is 258 g/mol. The maximum Gasteiger partial charge on any atom is 0.523 e. The molecule has 7 nitrogen and oxygen atoms in total. The molecule has 1 atom stereocenters. The molecule has 0 aliphatic heterocycles. The average molecular weight is 277 g/mol. The Morgan fingerprint density at radius 2 is 1.89 bits per heavy atom. The fraction of sp³-hybridized carbons (Fsp3) is 0.700. The summed E-state index contributed by atoms with van der Waals surface area (Å²) in [5.41, 5.74) is -0.445. The van der Waals surface area contributed by atoms with Crippen molar-refractivity contribution in [2.24, 2.45) is 0 Å². The Hall–Kier alpha value is -1.11. The molecule has 8 heteroatoms. The molecule has 1 amide bonds. The fourth-order valence-electron chi connectivity index (χ4n) is 1.40. The summed E-state index contributed by atoms with van der Waals surface area (Å²) >= 11 is 0. The van der Waals surface area contributed by atoms with Crippen molar-refractivity contribution in [3.05, 3.63) is 0 Å². The topological polar surface area (TPSA) is 75.3 Å². The summed E-state index contributed by atoms with van der Waals surface area (Å²) in [5.74, 6) is 2.16. The van der Waals surface area contributed by atoms with Gasteiger partial charge in [-0.15, -0.1) is 6.42 Å². The van der Waals surface area contributed by atoms with Crippen LogP contribution in [0.4, 0.5) is 4.79 Å². The highest BCUT2D eigenvalue weighted by atomic mass is 28.4. The number of carbonyl (C=O) groups excluding carboxylic acids is 1. The number of hydrogen-bond acceptors (Lipinski definition) is 6. The van der Waals surface area contributed by atoms with Gasteiger partial charge in [-0.3, -0.25) is 4.89 Å². The number of rotatable bonds is 8. The molecule has 104 valence electrons. The van der Waals surface area contributed by atoms with Crippen LogP contribution in [-0.2, 0) is 23.1 Å². The molecule has 0 rings (SSSR count). The number of amides is 1. The number of nitrogens with one attached hydrogen (secondary N) is 1. The molecule has 0 heterocycles. The minimum absolute atomic E-state index is 0.119. The molecule has 0 saturated carbocycles. The van der Waals surface area contributed by atoms with Crippen LogP contribution in [0.2, 0.25) is 0 Å². The minimum atomic E-state index is -2.96. The Morgan fingerprint density at radius 1 is 1.33 bits per heavy atom. The van der Waals surface area contributed by atoms with Crippen LogP contribution in [0.15, 0.2) is 0 Å². The zero-order chi connectivity index (χ0) is 14.0. The van der Waals surface area contributed by atoms with Crippen LogP contribution in [0.3, 0.4) is 0 Å². The lowest BCUT2D eigenvalue weighted by Crippen LogP contribution is -2.61. The molecule has 0 aliphatic rings. The molecule has 0 aliphatic carbocycles. The maximum atomic E-state index is 11.4. The van der Waals surface area contributed by atoms with E-state index in [1.807, 2.05) is 6.92 Å². The first-order chi connectivity index (χ1) is 8.60. The van der Waals surface area contributed by atoms with E-state index in [-0.39, 0.29) is 6.61 Å². The molecular formula is C10H19NO6Si. The Bertz CT molecular complexity index is 280. The zero-order valence-electron chi connectivity index (χ0n) is 11.0. The van der Waals surface area contributed by atoms with Gasteiger partial charge >= 0.3 is 14.9 Å². The van der Waals surface area contributed by atoms with E-state index in [9.17, 15) is 4.79 Å². The smallest absolute Gasteiger partial charge is 0.376 e. The molecule has 0 fully saturated rings. The predicted molar refractivity (Wildman–Crippen MR) is 65.3 cm³/mol. The third kappa shape index (κ3) is 4.64. The molecule has 0 aromatic carbocycles. The van der Waals surface area contributed by atoms with E-state index >= 15 is 0 Å². The van der Waals surface area contributed by atoms with Crippen LogP contribution in [0, 0.1) is 12.3 Å². The maximum absolute atomic E-state index is 11.4. The summed E-state index contributed by atoms with van der Waals surface area (Å²) in [7, 11) is 1.42. The highest BCUT2D eigenvalue weighted by Gasteiger charge is 2.47. The van der Waals surface area contributed by atoms with Crippen molar-refractivity contribution < 1.29 is 27.8 Å². The molecule has 18 heavy (non-hydrogen) atoms. The van der Waals surface area contributed by atoms with E-state index in [0.29, 0.717) is 6.42 Å². The molecule has 1 N–H and O–H groups in total. The van der Waals surface area contributed by atoms with Crippen molar-refractivity contribution in [2.75, 3.05) is 27.9 Å². The van der Waals surface area contributed by atoms with Crippen LogP contribution >= 0.6 is 0 Å². The van der Waals surface area contributed by atoms with Crippen molar-refractivity contribution >= 4 is 14.9 Å².